The molecule has 5 rings (SSSR count). The van der Waals surface area contributed by atoms with Crippen LogP contribution in [-0.4, -0.2) is 62.1 Å². The van der Waals surface area contributed by atoms with Crippen molar-refractivity contribution >= 4 is 32.7 Å². The summed E-state index contributed by atoms with van der Waals surface area (Å²) in [6.07, 6.45) is 3.29. The van der Waals surface area contributed by atoms with Gasteiger partial charge < -0.3 is 20.1 Å². The molecule has 0 radical (unpaired) electrons. The van der Waals surface area contributed by atoms with Crippen molar-refractivity contribution in [3.8, 4) is 22.6 Å². The zero-order valence-electron chi connectivity index (χ0n) is 22.1. The van der Waals surface area contributed by atoms with Gasteiger partial charge in [-0.05, 0) is 29.3 Å². The highest BCUT2D eigenvalue weighted by Gasteiger charge is 2.29. The van der Waals surface area contributed by atoms with Crippen molar-refractivity contribution in [1.29, 1.82) is 0 Å². The number of fused-ring (bicyclic) bond motifs is 1. The van der Waals surface area contributed by atoms with E-state index in [1.807, 2.05) is 47.4 Å². The lowest BCUT2D eigenvalue weighted by atomic mass is 10.1. The second-order valence-electron chi connectivity index (χ2n) is 9.21. The number of sulfonamides is 1. The Morgan fingerprint density at radius 2 is 1.43 bits per heavy atom. The van der Waals surface area contributed by atoms with E-state index in [-0.39, 0.29) is 4.90 Å². The van der Waals surface area contributed by atoms with Gasteiger partial charge in [0.15, 0.2) is 11.5 Å². The first-order valence-corrected chi connectivity index (χ1v) is 14.3. The molecule has 1 fully saturated rings. The van der Waals surface area contributed by atoms with E-state index in [9.17, 15) is 8.42 Å². The second kappa shape index (κ2) is 11.8. The number of nitrogens with two attached hydrogens (primary N) is 1. The summed E-state index contributed by atoms with van der Waals surface area (Å²) in [5.74, 6) is 1.75. The topological polar surface area (TPSA) is 111 Å². The van der Waals surface area contributed by atoms with Gasteiger partial charge >= 0.3 is 0 Å². The van der Waals surface area contributed by atoms with E-state index < -0.39 is 10.0 Å². The van der Waals surface area contributed by atoms with Gasteiger partial charge in [0.25, 0.3) is 0 Å². The van der Waals surface area contributed by atoms with Crippen molar-refractivity contribution in [1.82, 2.24) is 14.3 Å². The number of aromatic nitrogens is 2. The summed E-state index contributed by atoms with van der Waals surface area (Å²) in [7, 11) is -3.64. The van der Waals surface area contributed by atoms with Crippen LogP contribution in [0.2, 0.25) is 0 Å². The third-order valence-corrected chi connectivity index (χ3v) is 8.53. The monoisotopic (exact) mass is 557 g/mol. The molecule has 1 aliphatic rings. The van der Waals surface area contributed by atoms with E-state index in [1.165, 1.54) is 4.31 Å². The van der Waals surface area contributed by atoms with Crippen LogP contribution in [0, 0.1) is 0 Å². The highest BCUT2D eigenvalue weighted by molar-refractivity contribution is 7.89. The Hall–Kier alpha value is -4.41. The van der Waals surface area contributed by atoms with Crippen LogP contribution in [0.5, 0.6) is 11.5 Å². The molecule has 0 bridgehead atoms. The molecule has 2 heterocycles. The Morgan fingerprint density at radius 1 is 0.825 bits per heavy atom. The molecular formula is C30H31N5O4S. The molecule has 4 aromatic rings. The molecule has 1 saturated heterocycles. The minimum absolute atomic E-state index is 0.272. The van der Waals surface area contributed by atoms with E-state index in [0.29, 0.717) is 73.6 Å². The Morgan fingerprint density at radius 3 is 2.05 bits per heavy atom. The highest BCUT2D eigenvalue weighted by Crippen LogP contribution is 2.35. The summed E-state index contributed by atoms with van der Waals surface area (Å²) in [5.41, 5.74) is 8.92. The molecule has 0 amide bonds. The Kier molecular flexibility index (Phi) is 7.99. The number of anilines is 2. The van der Waals surface area contributed by atoms with Crippen molar-refractivity contribution in [2.45, 2.75) is 4.90 Å². The van der Waals surface area contributed by atoms with Gasteiger partial charge in [0.1, 0.15) is 19.0 Å². The number of nitrogen functional groups attached to an aromatic ring is 1. The first-order valence-electron chi connectivity index (χ1n) is 12.9. The molecule has 10 heteroatoms. The van der Waals surface area contributed by atoms with Gasteiger partial charge in [0.05, 0.1) is 10.4 Å². The first-order chi connectivity index (χ1) is 19.4. The molecule has 0 aliphatic carbocycles. The van der Waals surface area contributed by atoms with Crippen LogP contribution in [0.3, 0.4) is 0 Å². The largest absolute Gasteiger partial charge is 0.486 e. The average molecular weight is 558 g/mol. The van der Waals surface area contributed by atoms with Crippen LogP contribution < -0.4 is 20.1 Å². The third-order valence-electron chi connectivity index (χ3n) is 6.61. The molecule has 9 nitrogen and oxygen atoms in total. The molecule has 0 saturated carbocycles. The molecule has 0 atom stereocenters. The predicted molar refractivity (Wildman–Crippen MR) is 158 cm³/mol. The minimum atomic E-state index is -3.64. The van der Waals surface area contributed by atoms with Crippen LogP contribution >= 0.6 is 0 Å². The predicted octanol–water partition coefficient (Wildman–Crippen LogP) is 4.52. The molecule has 0 spiro atoms. The summed E-state index contributed by atoms with van der Waals surface area (Å²) in [6, 6.07) is 20.4. The zero-order chi connectivity index (χ0) is 28.1. The summed E-state index contributed by atoms with van der Waals surface area (Å²) in [5, 5.41) is 0.633. The van der Waals surface area contributed by atoms with Gasteiger partial charge in [-0.2, -0.15) is 9.29 Å². The van der Waals surface area contributed by atoms with E-state index >= 15 is 0 Å². The lowest BCUT2D eigenvalue weighted by Crippen LogP contribution is -2.49. The number of rotatable bonds is 10. The fraction of sp³-hybridized carbons (Fsp3) is 0.200. The summed E-state index contributed by atoms with van der Waals surface area (Å²) in [6.45, 7) is 9.43. The number of benzene rings is 3. The van der Waals surface area contributed by atoms with Crippen LogP contribution in [0.25, 0.3) is 22.0 Å². The normalized spacial score (nSPS) is 14.2. The van der Waals surface area contributed by atoms with Crippen molar-refractivity contribution < 1.29 is 17.9 Å². The van der Waals surface area contributed by atoms with Crippen LogP contribution in [0.4, 0.5) is 11.8 Å². The van der Waals surface area contributed by atoms with E-state index in [1.54, 1.807) is 36.4 Å². The molecule has 0 unspecified atom stereocenters. The average Bonchev–Trinajstić information content (AvgIpc) is 2.99. The Balaban J connectivity index is 1.32. The number of ether oxygens (including phenoxy) is 2. The lowest BCUT2D eigenvalue weighted by molar-refractivity contribution is 0.309. The summed E-state index contributed by atoms with van der Waals surface area (Å²) in [4.78, 5) is 11.4. The standard InChI is InChI=1S/C30H31N5O4S/c1-3-18-38-27-20-25-26(21-28(27)39-19-4-2)32-30(33-29(25)31)34-14-16-35(17-15-34)40(36,37)24-12-10-23(11-13-24)22-8-6-5-7-9-22/h3-13,20-21H,1-2,14-19H2,(H2,31,32,33). The maximum Gasteiger partial charge on any atom is 0.243 e. The maximum absolute atomic E-state index is 13.4. The SMILES string of the molecule is C=CCOc1cc2nc(N3CCN(S(=O)(=O)c4ccc(-c5ccccc5)cc4)CC3)nc(N)c2cc1OCC=C. The number of hydrogen-bond acceptors (Lipinski definition) is 8. The number of nitrogens with zero attached hydrogens (tertiary/aromatic N) is 4. The smallest absolute Gasteiger partial charge is 0.243 e. The van der Waals surface area contributed by atoms with Gasteiger partial charge in [-0.25, -0.2) is 13.4 Å². The van der Waals surface area contributed by atoms with Crippen molar-refractivity contribution in [3.63, 3.8) is 0 Å². The third kappa shape index (κ3) is 5.63. The van der Waals surface area contributed by atoms with Gasteiger partial charge in [-0.1, -0.05) is 67.8 Å². The minimum Gasteiger partial charge on any atom is -0.486 e. The van der Waals surface area contributed by atoms with Gasteiger partial charge in [0.2, 0.25) is 16.0 Å². The fourth-order valence-corrected chi connectivity index (χ4v) is 5.96. The number of hydrogen-bond donors (Lipinski definition) is 1. The van der Waals surface area contributed by atoms with Crippen LogP contribution in [0.15, 0.2) is 96.9 Å². The van der Waals surface area contributed by atoms with Crippen molar-refractivity contribution in [2.75, 3.05) is 50.0 Å². The summed E-state index contributed by atoms with van der Waals surface area (Å²) >= 11 is 0. The fourth-order valence-electron chi connectivity index (χ4n) is 4.54. The molecule has 1 aromatic heterocycles. The van der Waals surface area contributed by atoms with E-state index in [2.05, 4.69) is 18.1 Å². The molecule has 2 N–H and O–H groups in total. The van der Waals surface area contributed by atoms with Gasteiger partial charge in [-0.3, -0.25) is 0 Å². The zero-order valence-corrected chi connectivity index (χ0v) is 22.9. The maximum atomic E-state index is 13.4. The quantitative estimate of drug-likeness (QED) is 0.284. The van der Waals surface area contributed by atoms with Gasteiger partial charge in [-0.15, -0.1) is 0 Å². The first kappa shape index (κ1) is 27.2. The molecule has 40 heavy (non-hydrogen) atoms. The molecule has 1 aliphatic heterocycles. The molecule has 3 aromatic carbocycles. The lowest BCUT2D eigenvalue weighted by Gasteiger charge is -2.34. The number of piperazine rings is 1. The van der Waals surface area contributed by atoms with Gasteiger partial charge in [0, 0.05) is 37.6 Å². The second-order valence-corrected chi connectivity index (χ2v) is 11.1. The van der Waals surface area contributed by atoms with Crippen LogP contribution in [-0.2, 0) is 10.0 Å². The Labute approximate surface area is 234 Å². The van der Waals surface area contributed by atoms with Crippen molar-refractivity contribution in [3.05, 3.63) is 92.0 Å². The molecular weight excluding hydrogens is 526 g/mol. The molecule has 206 valence electrons. The van der Waals surface area contributed by atoms with E-state index in [4.69, 9.17) is 20.2 Å². The highest BCUT2D eigenvalue weighted by atomic mass is 32.2. The van der Waals surface area contributed by atoms with E-state index in [0.717, 1.165) is 11.1 Å². The van der Waals surface area contributed by atoms with Crippen LogP contribution in [0.1, 0.15) is 0 Å². The van der Waals surface area contributed by atoms with Crippen molar-refractivity contribution in [2.24, 2.45) is 0 Å². The summed E-state index contributed by atoms with van der Waals surface area (Å²) < 4.78 is 39.7. The Bertz CT molecular complexity index is 1620.